The fourth-order valence-electron chi connectivity index (χ4n) is 4.42. The van der Waals surface area contributed by atoms with Gasteiger partial charge in [-0.15, -0.1) is 0 Å². The van der Waals surface area contributed by atoms with Crippen LogP contribution in [0.2, 0.25) is 0 Å². The van der Waals surface area contributed by atoms with Gasteiger partial charge in [0.05, 0.1) is 22.9 Å². The second-order valence-electron chi connectivity index (χ2n) is 7.76. The first-order valence-electron chi connectivity index (χ1n) is 10.1. The Morgan fingerprint density at radius 2 is 1.84 bits per heavy atom. The SMILES string of the molecule is O=S(=O)(c1ccccc1)N1CCC2=C(C1)[C@@H](CO)C1=CNN(c3ccc(F)cc3)C1=C2. The summed E-state index contributed by atoms with van der Waals surface area (Å²) in [5, 5.41) is 12.1. The number of aliphatic hydroxyl groups is 1. The van der Waals surface area contributed by atoms with Crippen molar-refractivity contribution < 1.29 is 17.9 Å². The summed E-state index contributed by atoms with van der Waals surface area (Å²) < 4.78 is 41.0. The molecule has 2 aromatic carbocycles. The molecule has 5 rings (SSSR count). The lowest BCUT2D eigenvalue weighted by Crippen LogP contribution is -2.40. The van der Waals surface area contributed by atoms with Crippen LogP contribution in [0, 0.1) is 11.7 Å². The highest BCUT2D eigenvalue weighted by Gasteiger charge is 2.38. The van der Waals surface area contributed by atoms with Crippen molar-refractivity contribution in [2.75, 3.05) is 24.7 Å². The van der Waals surface area contributed by atoms with Gasteiger partial charge in [-0.3, -0.25) is 5.01 Å². The molecule has 0 fully saturated rings. The van der Waals surface area contributed by atoms with Crippen molar-refractivity contribution in [3.63, 3.8) is 0 Å². The number of hydrogen-bond acceptors (Lipinski definition) is 5. The van der Waals surface area contributed by atoms with Crippen LogP contribution >= 0.6 is 0 Å². The minimum absolute atomic E-state index is 0.125. The number of rotatable bonds is 4. The number of anilines is 1. The second-order valence-corrected chi connectivity index (χ2v) is 9.70. The standard InChI is InChI=1S/C23H22FN3O3S/c24-17-6-8-18(9-7-17)27-23-12-16-10-11-26(31(29,30)19-4-2-1-3-5-19)14-21(16)22(15-28)20(23)13-25-27/h1-9,12-13,22,25,28H,10-11,14-15H2/t22-/m0/s1. The number of hydrazine groups is 1. The largest absolute Gasteiger partial charge is 0.395 e. The summed E-state index contributed by atoms with van der Waals surface area (Å²) in [6, 6.07) is 14.6. The molecule has 2 aliphatic heterocycles. The van der Waals surface area contributed by atoms with Gasteiger partial charge in [0.15, 0.2) is 0 Å². The van der Waals surface area contributed by atoms with Gasteiger partial charge in [0.1, 0.15) is 5.82 Å². The van der Waals surface area contributed by atoms with Gasteiger partial charge in [-0.2, -0.15) is 4.31 Å². The average Bonchev–Trinajstić information content (AvgIpc) is 3.21. The molecule has 160 valence electrons. The maximum absolute atomic E-state index is 13.3. The molecule has 3 aliphatic rings. The highest BCUT2D eigenvalue weighted by Crippen LogP contribution is 2.42. The van der Waals surface area contributed by atoms with E-state index in [9.17, 15) is 17.9 Å². The zero-order valence-electron chi connectivity index (χ0n) is 16.7. The van der Waals surface area contributed by atoms with Crippen LogP contribution in [-0.2, 0) is 10.0 Å². The van der Waals surface area contributed by atoms with Gasteiger partial charge < -0.3 is 10.5 Å². The Morgan fingerprint density at radius 1 is 1.10 bits per heavy atom. The van der Waals surface area contributed by atoms with Crippen molar-refractivity contribution in [3.05, 3.63) is 95.1 Å². The first kappa shape index (κ1) is 20.0. The van der Waals surface area contributed by atoms with Gasteiger partial charge in [0.25, 0.3) is 0 Å². The Hall–Kier alpha value is -2.94. The average molecular weight is 440 g/mol. The van der Waals surface area contributed by atoms with Crippen LogP contribution in [0.5, 0.6) is 0 Å². The number of nitrogens with zero attached hydrogens (tertiary/aromatic N) is 2. The molecule has 1 atom stereocenters. The van der Waals surface area contributed by atoms with Crippen LogP contribution in [0.3, 0.4) is 0 Å². The number of benzene rings is 2. The Bertz CT molecular complexity index is 1200. The lowest BCUT2D eigenvalue weighted by atomic mass is 9.80. The number of fused-ring (bicyclic) bond motifs is 1. The van der Waals surface area contributed by atoms with Gasteiger partial charge in [0.2, 0.25) is 10.0 Å². The van der Waals surface area contributed by atoms with Crippen LogP contribution in [-0.4, -0.2) is 37.5 Å². The first-order chi connectivity index (χ1) is 15.0. The van der Waals surface area contributed by atoms with Crippen LogP contribution in [0.1, 0.15) is 6.42 Å². The molecule has 31 heavy (non-hydrogen) atoms. The van der Waals surface area contributed by atoms with Crippen molar-refractivity contribution in [2.45, 2.75) is 11.3 Å². The smallest absolute Gasteiger partial charge is 0.243 e. The lowest BCUT2D eigenvalue weighted by molar-refractivity contribution is 0.255. The predicted molar refractivity (Wildman–Crippen MR) is 116 cm³/mol. The Labute approximate surface area is 180 Å². The minimum Gasteiger partial charge on any atom is -0.395 e. The highest BCUT2D eigenvalue weighted by molar-refractivity contribution is 7.89. The summed E-state index contributed by atoms with van der Waals surface area (Å²) in [4.78, 5) is 0.274. The summed E-state index contributed by atoms with van der Waals surface area (Å²) in [5.41, 5.74) is 7.72. The third-order valence-corrected chi connectivity index (χ3v) is 7.89. The predicted octanol–water partition coefficient (Wildman–Crippen LogP) is 2.93. The molecule has 0 radical (unpaired) electrons. The molecular weight excluding hydrogens is 417 g/mol. The maximum Gasteiger partial charge on any atom is 0.243 e. The molecule has 1 aliphatic carbocycles. The van der Waals surface area contributed by atoms with Crippen molar-refractivity contribution in [3.8, 4) is 0 Å². The molecule has 0 aromatic heterocycles. The summed E-state index contributed by atoms with van der Waals surface area (Å²) in [6.45, 7) is 0.497. The quantitative estimate of drug-likeness (QED) is 0.767. The molecule has 2 heterocycles. The maximum atomic E-state index is 13.3. The lowest BCUT2D eigenvalue weighted by Gasteiger charge is -2.37. The van der Waals surface area contributed by atoms with Gasteiger partial charge in [-0.05, 0) is 60.0 Å². The summed E-state index contributed by atoms with van der Waals surface area (Å²) in [6.07, 6.45) is 4.43. The van der Waals surface area contributed by atoms with Crippen molar-refractivity contribution in [1.82, 2.24) is 9.73 Å². The summed E-state index contributed by atoms with van der Waals surface area (Å²) >= 11 is 0. The van der Waals surface area contributed by atoms with E-state index < -0.39 is 10.0 Å². The zero-order valence-corrected chi connectivity index (χ0v) is 17.5. The number of halogens is 1. The fraction of sp³-hybridized carbons (Fsp3) is 0.217. The fourth-order valence-corrected chi connectivity index (χ4v) is 5.86. The van der Waals surface area contributed by atoms with Crippen molar-refractivity contribution in [2.24, 2.45) is 5.92 Å². The van der Waals surface area contributed by atoms with Crippen molar-refractivity contribution in [1.29, 1.82) is 0 Å². The molecule has 0 spiro atoms. The molecule has 2 aromatic rings. The number of allylic oxidation sites excluding steroid dienone is 2. The molecular formula is C23H22FN3O3S. The van der Waals surface area contributed by atoms with E-state index in [1.165, 1.54) is 16.4 Å². The molecule has 0 saturated heterocycles. The Morgan fingerprint density at radius 3 is 2.55 bits per heavy atom. The van der Waals surface area contributed by atoms with E-state index in [2.05, 4.69) is 5.43 Å². The Balaban J connectivity index is 1.49. The molecule has 2 N–H and O–H groups in total. The van der Waals surface area contributed by atoms with Crippen molar-refractivity contribution >= 4 is 15.7 Å². The van der Waals surface area contributed by atoms with E-state index in [0.717, 1.165) is 28.1 Å². The summed E-state index contributed by atoms with van der Waals surface area (Å²) in [5.74, 6) is -0.610. The number of aliphatic hydroxyl groups excluding tert-OH is 1. The Kier molecular flexibility index (Phi) is 4.92. The second kappa shape index (κ2) is 7.64. The zero-order chi connectivity index (χ0) is 21.6. The molecule has 0 bridgehead atoms. The molecule has 0 amide bonds. The van der Waals surface area contributed by atoms with E-state index in [-0.39, 0.29) is 29.8 Å². The van der Waals surface area contributed by atoms with E-state index in [1.54, 1.807) is 42.5 Å². The molecule has 6 nitrogen and oxygen atoms in total. The van der Waals surface area contributed by atoms with Crippen LogP contribution in [0.15, 0.2) is 94.2 Å². The van der Waals surface area contributed by atoms with Gasteiger partial charge in [-0.25, -0.2) is 12.8 Å². The molecule has 0 saturated carbocycles. The number of hydrogen-bond donors (Lipinski definition) is 2. The van der Waals surface area contributed by atoms with E-state index in [0.29, 0.717) is 13.0 Å². The van der Waals surface area contributed by atoms with Gasteiger partial charge in [-0.1, -0.05) is 18.2 Å². The first-order valence-corrected chi connectivity index (χ1v) is 11.5. The highest BCUT2D eigenvalue weighted by atomic mass is 32.2. The topological polar surface area (TPSA) is 72.9 Å². The van der Waals surface area contributed by atoms with E-state index >= 15 is 0 Å². The normalized spacial score (nSPS) is 21.2. The molecule has 0 unspecified atom stereocenters. The number of nitrogens with one attached hydrogen (secondary N) is 1. The van der Waals surface area contributed by atoms with Crippen LogP contribution in [0.25, 0.3) is 0 Å². The van der Waals surface area contributed by atoms with E-state index in [4.69, 9.17) is 0 Å². The number of sulfonamides is 1. The van der Waals surface area contributed by atoms with Gasteiger partial charge in [0, 0.05) is 30.8 Å². The van der Waals surface area contributed by atoms with E-state index in [1.807, 2.05) is 17.3 Å². The molecule has 8 heteroatoms. The monoisotopic (exact) mass is 439 g/mol. The van der Waals surface area contributed by atoms with Crippen LogP contribution in [0.4, 0.5) is 10.1 Å². The minimum atomic E-state index is -3.61. The third kappa shape index (κ3) is 3.37. The van der Waals surface area contributed by atoms with Crippen LogP contribution < -0.4 is 10.4 Å². The summed E-state index contributed by atoms with van der Waals surface area (Å²) in [7, 11) is -3.61. The van der Waals surface area contributed by atoms with Gasteiger partial charge >= 0.3 is 0 Å². The third-order valence-electron chi connectivity index (χ3n) is 6.03.